The van der Waals surface area contributed by atoms with E-state index in [0.717, 1.165) is 11.3 Å². The summed E-state index contributed by atoms with van der Waals surface area (Å²) in [4.78, 5) is 73.8. The molecule has 5 saturated carbocycles. The second-order valence-electron chi connectivity index (χ2n) is 18.4. The van der Waals surface area contributed by atoms with Gasteiger partial charge in [0.2, 0.25) is 11.8 Å². The zero-order chi connectivity index (χ0) is 45.5. The molecule has 2 heterocycles. The molecule has 3 unspecified atom stereocenters. The molecule has 7 aliphatic rings. The van der Waals surface area contributed by atoms with E-state index >= 15 is 0 Å². The highest BCUT2D eigenvalue weighted by Crippen LogP contribution is 2.80. The first-order valence-corrected chi connectivity index (χ1v) is 21.0. The van der Waals surface area contributed by atoms with E-state index < -0.39 is 82.4 Å². The maximum absolute atomic E-state index is 14.1. The summed E-state index contributed by atoms with van der Waals surface area (Å²) < 4.78 is 31.4. The minimum absolute atomic E-state index is 0.0358. The number of hydrogen-bond donors (Lipinski definition) is 6. The second-order valence-corrected chi connectivity index (χ2v) is 18.4. The zero-order valence-electron chi connectivity index (χ0n) is 35.7. The van der Waals surface area contributed by atoms with E-state index in [9.17, 15) is 39.0 Å². The van der Waals surface area contributed by atoms with Crippen molar-refractivity contribution in [1.82, 2.24) is 4.90 Å². The number of anilines is 1. The van der Waals surface area contributed by atoms with Gasteiger partial charge in [-0.2, -0.15) is 0 Å². The molecule has 0 aromatic heterocycles. The number of amides is 2. The van der Waals surface area contributed by atoms with Crippen molar-refractivity contribution in [2.24, 2.45) is 40.4 Å². The first-order chi connectivity index (χ1) is 29.2. The molecule has 19 nitrogen and oxygen atoms in total. The van der Waals surface area contributed by atoms with Crippen LogP contribution in [0.25, 0.3) is 0 Å². The van der Waals surface area contributed by atoms with Crippen LogP contribution in [0.1, 0.15) is 69.2 Å². The van der Waals surface area contributed by atoms with E-state index in [-0.39, 0.29) is 84.5 Å². The van der Waals surface area contributed by atoms with Gasteiger partial charge in [0.05, 0.1) is 61.2 Å². The number of nitrogens with zero attached hydrogens (tertiary/aromatic N) is 2. The van der Waals surface area contributed by atoms with Crippen LogP contribution in [0, 0.1) is 40.4 Å². The monoisotopic (exact) mass is 874 g/mol. The van der Waals surface area contributed by atoms with Crippen LogP contribution in [0.2, 0.25) is 0 Å². The van der Waals surface area contributed by atoms with Gasteiger partial charge < -0.3 is 54.3 Å². The average Bonchev–Trinajstić information content (AvgIpc) is 3.75. The Morgan fingerprint density at radius 2 is 1.60 bits per heavy atom. The highest BCUT2D eigenvalue weighted by atomic mass is 16.5. The van der Waals surface area contributed by atoms with Crippen molar-refractivity contribution in [3.63, 3.8) is 0 Å². The summed E-state index contributed by atoms with van der Waals surface area (Å²) in [5.74, 6) is -7.49. The molecule has 7 bridgehead atoms. The van der Waals surface area contributed by atoms with Gasteiger partial charge >= 0.3 is 23.9 Å². The molecule has 1 spiro atoms. The molecule has 62 heavy (non-hydrogen) atoms. The number of aliphatic hydroxyl groups is 3. The Kier molecular flexibility index (Phi) is 12.0. The van der Waals surface area contributed by atoms with Crippen LogP contribution in [0.5, 0.6) is 0 Å². The summed E-state index contributed by atoms with van der Waals surface area (Å²) in [5.41, 5.74) is -6.91. The van der Waals surface area contributed by atoms with Gasteiger partial charge in [0.15, 0.2) is 5.60 Å². The second kappa shape index (κ2) is 16.2. The molecule has 6 N–H and O–H groups in total. The fourth-order valence-corrected chi connectivity index (χ4v) is 13.9. The number of para-hydroxylation sites is 1. The number of likely N-dealkylation sites (N-methyl/N-ethyl adjacent to an activating group) is 1. The van der Waals surface area contributed by atoms with Gasteiger partial charge in [0.25, 0.3) is 0 Å². The lowest BCUT2D eigenvalue weighted by Gasteiger charge is -2.70. The predicted molar refractivity (Wildman–Crippen MR) is 212 cm³/mol. The van der Waals surface area contributed by atoms with Crippen LogP contribution in [-0.4, -0.2) is 167 Å². The highest BCUT2D eigenvalue weighted by molar-refractivity contribution is 6.22. The highest BCUT2D eigenvalue weighted by Gasteiger charge is 2.91. The number of hydrogen-bond acceptors (Lipinski definition) is 15. The van der Waals surface area contributed by atoms with Crippen molar-refractivity contribution in [2.75, 3.05) is 53.0 Å². The van der Waals surface area contributed by atoms with Crippen LogP contribution >= 0.6 is 0 Å². The Morgan fingerprint density at radius 3 is 2.13 bits per heavy atom. The number of imide groups is 1. The molecular weight excluding hydrogens is 816 g/mol. The number of rotatable bonds is 14. The SMILES string of the molecule is CCN1C[C@]2(COC(=O)c3ccccc3N3C(=O)C[C@H](C)C3=O)CC[C@H](OC)C34C1C(O)([C@@H](OC)[C@@H]32)[C@@]1(O)C[C@H](OC)[C@@H]2C[C@@H]4[C@@H]1[C@H]2OC.O=C(O)CC(O)(CC(=O)O)C(=O)O. The van der Waals surface area contributed by atoms with Gasteiger partial charge in [-0.05, 0) is 43.9 Å². The molecule has 1 aromatic rings. The van der Waals surface area contributed by atoms with Crippen molar-refractivity contribution >= 4 is 41.4 Å². The maximum Gasteiger partial charge on any atom is 0.340 e. The number of fused-ring (bicyclic) bond motifs is 2. The van der Waals surface area contributed by atoms with E-state index in [1.54, 1.807) is 59.6 Å². The number of carboxylic acid groups (broad SMARTS) is 3. The smallest absolute Gasteiger partial charge is 0.340 e. The van der Waals surface area contributed by atoms with E-state index in [0.29, 0.717) is 25.9 Å². The number of benzene rings is 1. The molecule has 2 aliphatic heterocycles. The van der Waals surface area contributed by atoms with E-state index in [1.807, 2.05) is 0 Å². The minimum Gasteiger partial charge on any atom is -0.481 e. The standard InChI is InChI=1S/C37H50N2O10.C6H8O7/c1-7-38-17-34(18-49-32(42)20-10-8-9-11-23(20)39-26(40)14-19(2)31(39)41)13-12-25(46-4)36-22-15-21-24(45-3)16-35(43,27(22)28(21)47-5)37(44,33(36)38)30(48-6)29(34)36;7-3(8)1-6(13,5(11)12)2-4(9)10/h8-11,19,21-22,24-25,27-30,33,43-44H,7,12-18H2,1-6H3;13H,1-2H2,(H,7,8)(H,9,10)(H,11,12)/t19-,21-,22+,24-,25-,27+,28-,29+,30-,33?,34-,35+,36?,37?;/m0./s1. The van der Waals surface area contributed by atoms with Gasteiger partial charge in [-0.3, -0.25) is 24.1 Å². The Hall–Kier alpha value is -4.08. The third-order valence-electron chi connectivity index (χ3n) is 15.8. The number of carbonyl (C=O) groups is 6. The molecular formula is C43H58N2O17. The Morgan fingerprint density at radius 1 is 0.935 bits per heavy atom. The summed E-state index contributed by atoms with van der Waals surface area (Å²) >= 11 is 0. The fourth-order valence-electron chi connectivity index (χ4n) is 13.9. The number of likely N-dealkylation sites (tertiary alicyclic amines) is 1. The lowest BCUT2D eigenvalue weighted by molar-refractivity contribution is -0.320. The van der Waals surface area contributed by atoms with Crippen LogP contribution in [0.15, 0.2) is 24.3 Å². The van der Waals surface area contributed by atoms with Crippen molar-refractivity contribution in [3.8, 4) is 0 Å². The topological polar surface area (TPSA) is 276 Å². The number of carboxylic acids is 3. The van der Waals surface area contributed by atoms with Crippen LogP contribution in [-0.2, 0) is 47.7 Å². The summed E-state index contributed by atoms with van der Waals surface area (Å²) in [5, 5.41) is 60.4. The molecule has 1 aromatic carbocycles. The Balaban J connectivity index is 0.000000387. The number of piperidine rings is 1. The van der Waals surface area contributed by atoms with Gasteiger partial charge in [-0.25, -0.2) is 14.5 Å². The normalized spacial score (nSPS) is 40.2. The fraction of sp³-hybridized carbons (Fsp3) is 0.721. The third-order valence-corrected chi connectivity index (χ3v) is 15.8. The van der Waals surface area contributed by atoms with Crippen LogP contribution in [0.4, 0.5) is 5.69 Å². The Bertz CT molecular complexity index is 1980. The minimum atomic E-state index is -2.74. The molecule has 8 rings (SSSR count). The van der Waals surface area contributed by atoms with Crippen molar-refractivity contribution in [3.05, 3.63) is 29.8 Å². The maximum atomic E-state index is 14.1. The zero-order valence-corrected chi connectivity index (χ0v) is 35.7. The van der Waals surface area contributed by atoms with Crippen LogP contribution in [0.3, 0.4) is 0 Å². The van der Waals surface area contributed by atoms with Gasteiger partial charge in [-0.1, -0.05) is 26.0 Å². The summed E-state index contributed by atoms with van der Waals surface area (Å²) in [6, 6.07) is 6.12. The van der Waals surface area contributed by atoms with Crippen molar-refractivity contribution in [1.29, 1.82) is 0 Å². The number of methoxy groups -OCH3 is 4. The summed E-state index contributed by atoms with van der Waals surface area (Å²) in [7, 11) is 6.70. The quantitative estimate of drug-likeness (QED) is 0.111. The number of carbonyl (C=O) groups excluding carboxylic acids is 3. The van der Waals surface area contributed by atoms with E-state index in [2.05, 4.69) is 11.8 Å². The lowest BCUT2D eigenvalue weighted by Crippen LogP contribution is -2.82. The van der Waals surface area contributed by atoms with Gasteiger partial charge in [-0.15, -0.1) is 0 Å². The average molecular weight is 875 g/mol. The number of aliphatic carboxylic acids is 3. The molecule has 0 radical (unpaired) electrons. The van der Waals surface area contributed by atoms with Gasteiger partial charge in [0, 0.05) is 82.3 Å². The van der Waals surface area contributed by atoms with Crippen molar-refractivity contribution < 1.29 is 83.1 Å². The molecule has 7 fully saturated rings. The summed E-state index contributed by atoms with van der Waals surface area (Å²) in [6.45, 7) is 4.95. The molecule has 2 amide bonds. The molecule has 342 valence electrons. The summed E-state index contributed by atoms with van der Waals surface area (Å²) in [6.07, 6.45) is -1.48. The predicted octanol–water partition coefficient (Wildman–Crippen LogP) is 0.787. The third kappa shape index (κ3) is 6.28. The molecule has 2 saturated heterocycles. The van der Waals surface area contributed by atoms with E-state index in [1.165, 1.54) is 0 Å². The number of esters is 1. The first-order valence-electron chi connectivity index (χ1n) is 21.0. The molecule has 19 heteroatoms. The van der Waals surface area contributed by atoms with E-state index in [4.69, 9.17) is 44.1 Å². The van der Waals surface area contributed by atoms with Crippen molar-refractivity contribution in [2.45, 2.75) is 106 Å². The van der Waals surface area contributed by atoms with Crippen LogP contribution < -0.4 is 4.90 Å². The largest absolute Gasteiger partial charge is 0.481 e. The molecule has 14 atom stereocenters. The molecule has 5 aliphatic carbocycles. The number of ether oxygens (including phenoxy) is 5. The lowest BCUT2D eigenvalue weighted by atomic mass is 9.42. The van der Waals surface area contributed by atoms with Gasteiger partial charge in [0.1, 0.15) is 11.2 Å². The first kappa shape index (κ1) is 45.9. The Labute approximate surface area is 358 Å².